The summed E-state index contributed by atoms with van der Waals surface area (Å²) < 4.78 is 0. The highest BCUT2D eigenvalue weighted by atomic mass is 35.5. The Labute approximate surface area is 109 Å². The molecule has 0 unspecified atom stereocenters. The third-order valence-corrected chi connectivity index (χ3v) is 3.50. The molecule has 0 radical (unpaired) electrons. The van der Waals surface area contributed by atoms with E-state index in [-0.39, 0.29) is 0 Å². The smallest absolute Gasteiger partial charge is 0.129 e. The Kier molecular flexibility index (Phi) is 3.62. The number of nitrogens with one attached hydrogen (secondary N) is 1. The Morgan fingerprint density at radius 2 is 2.35 bits per heavy atom. The van der Waals surface area contributed by atoms with Gasteiger partial charge in [-0.05, 0) is 30.7 Å². The molecule has 0 atom stereocenters. The predicted octanol–water partition coefficient (Wildman–Crippen LogP) is 3.59. The molecule has 2 heterocycles. The van der Waals surface area contributed by atoms with Crippen molar-refractivity contribution < 1.29 is 0 Å². The molecule has 0 spiro atoms. The molecule has 0 fully saturated rings. The number of thiophene rings is 1. The Morgan fingerprint density at radius 3 is 3.00 bits per heavy atom. The van der Waals surface area contributed by atoms with Crippen LogP contribution in [-0.2, 0) is 6.54 Å². The molecule has 2 aromatic heterocycles. The fourth-order valence-corrected chi connectivity index (χ4v) is 2.38. The van der Waals surface area contributed by atoms with Gasteiger partial charge in [-0.3, -0.25) is 0 Å². The molecule has 86 valence electrons. The molecule has 0 saturated heterocycles. The second-order valence-electron chi connectivity index (χ2n) is 3.55. The van der Waals surface area contributed by atoms with E-state index >= 15 is 0 Å². The summed E-state index contributed by atoms with van der Waals surface area (Å²) in [5.74, 6) is 0. The van der Waals surface area contributed by atoms with E-state index in [1.807, 2.05) is 25.1 Å². The number of rotatable bonds is 3. The molecule has 0 aliphatic heterocycles. The zero-order valence-electron chi connectivity index (χ0n) is 9.20. The predicted molar refractivity (Wildman–Crippen MR) is 70.3 cm³/mol. The first-order valence-corrected chi connectivity index (χ1v) is 6.23. The molecule has 3 nitrogen and oxygen atoms in total. The highest BCUT2D eigenvalue weighted by Crippen LogP contribution is 2.20. The zero-order chi connectivity index (χ0) is 12.3. The van der Waals surface area contributed by atoms with Crippen molar-refractivity contribution in [1.82, 2.24) is 4.98 Å². The Balaban J connectivity index is 2.05. The standard InChI is InChI=1S/C12H10ClN3S/c1-8-4-12(13)16-7-11(8)15-6-10-3-2-9(5-14)17-10/h2-4,7,15H,6H2,1H3. The zero-order valence-corrected chi connectivity index (χ0v) is 10.8. The number of halogens is 1. The molecule has 0 saturated carbocycles. The SMILES string of the molecule is Cc1cc(Cl)ncc1NCc1ccc(C#N)s1. The van der Waals surface area contributed by atoms with E-state index in [9.17, 15) is 0 Å². The number of nitriles is 1. The summed E-state index contributed by atoms with van der Waals surface area (Å²) in [5.41, 5.74) is 2.02. The third kappa shape index (κ3) is 2.96. The van der Waals surface area contributed by atoms with Crippen molar-refractivity contribution in [2.75, 3.05) is 5.32 Å². The minimum atomic E-state index is 0.496. The molecule has 2 rings (SSSR count). The molecule has 17 heavy (non-hydrogen) atoms. The average molecular weight is 264 g/mol. The van der Waals surface area contributed by atoms with Gasteiger partial charge in [-0.15, -0.1) is 11.3 Å². The summed E-state index contributed by atoms with van der Waals surface area (Å²) in [6, 6.07) is 7.73. The monoisotopic (exact) mass is 263 g/mol. The van der Waals surface area contributed by atoms with E-state index in [2.05, 4.69) is 16.4 Å². The highest BCUT2D eigenvalue weighted by Gasteiger charge is 2.02. The van der Waals surface area contributed by atoms with Gasteiger partial charge in [0.05, 0.1) is 11.9 Å². The third-order valence-electron chi connectivity index (χ3n) is 2.30. The molecule has 0 aliphatic carbocycles. The van der Waals surface area contributed by atoms with Crippen LogP contribution in [0.1, 0.15) is 15.3 Å². The van der Waals surface area contributed by atoms with E-state index < -0.39 is 0 Å². The molecule has 2 aromatic rings. The lowest BCUT2D eigenvalue weighted by Crippen LogP contribution is -1.99. The lowest BCUT2D eigenvalue weighted by atomic mass is 10.2. The van der Waals surface area contributed by atoms with Gasteiger partial charge in [-0.2, -0.15) is 5.26 Å². The number of aromatic nitrogens is 1. The number of hydrogen-bond acceptors (Lipinski definition) is 4. The second-order valence-corrected chi connectivity index (χ2v) is 5.11. The first-order chi connectivity index (χ1) is 8.19. The summed E-state index contributed by atoms with van der Waals surface area (Å²) in [5, 5.41) is 12.5. The lowest BCUT2D eigenvalue weighted by Gasteiger charge is -2.07. The van der Waals surface area contributed by atoms with Crippen molar-refractivity contribution in [3.63, 3.8) is 0 Å². The lowest BCUT2D eigenvalue weighted by molar-refractivity contribution is 1.16. The topological polar surface area (TPSA) is 48.7 Å². The summed E-state index contributed by atoms with van der Waals surface area (Å²) in [4.78, 5) is 5.88. The largest absolute Gasteiger partial charge is 0.379 e. The molecule has 0 aliphatic rings. The van der Waals surface area contributed by atoms with E-state index in [0.717, 1.165) is 21.0 Å². The average Bonchev–Trinajstić information content (AvgIpc) is 2.76. The number of aryl methyl sites for hydroxylation is 1. The normalized spacial score (nSPS) is 9.94. The van der Waals surface area contributed by atoms with Crippen LogP contribution in [0.25, 0.3) is 0 Å². The number of nitrogens with zero attached hydrogens (tertiary/aromatic N) is 2. The fraction of sp³-hybridized carbons (Fsp3) is 0.167. The van der Waals surface area contributed by atoms with Crippen LogP contribution in [0.5, 0.6) is 0 Å². The highest BCUT2D eigenvalue weighted by molar-refractivity contribution is 7.12. The van der Waals surface area contributed by atoms with Crippen LogP contribution in [0.2, 0.25) is 5.15 Å². The van der Waals surface area contributed by atoms with Crippen LogP contribution in [0.3, 0.4) is 0 Å². The quantitative estimate of drug-likeness (QED) is 0.861. The van der Waals surface area contributed by atoms with Gasteiger partial charge >= 0.3 is 0 Å². The molecule has 0 aromatic carbocycles. The van der Waals surface area contributed by atoms with Crippen molar-refractivity contribution in [2.45, 2.75) is 13.5 Å². The van der Waals surface area contributed by atoms with E-state index in [1.54, 1.807) is 6.20 Å². The van der Waals surface area contributed by atoms with Crippen molar-refractivity contribution >= 4 is 28.6 Å². The number of anilines is 1. The second kappa shape index (κ2) is 5.17. The van der Waals surface area contributed by atoms with Crippen molar-refractivity contribution in [2.24, 2.45) is 0 Å². The van der Waals surface area contributed by atoms with E-state index in [4.69, 9.17) is 16.9 Å². The fourth-order valence-electron chi connectivity index (χ4n) is 1.42. The minimum Gasteiger partial charge on any atom is -0.379 e. The van der Waals surface area contributed by atoms with Crippen LogP contribution in [0.15, 0.2) is 24.4 Å². The first-order valence-electron chi connectivity index (χ1n) is 5.04. The summed E-state index contributed by atoms with van der Waals surface area (Å²) in [7, 11) is 0. The maximum absolute atomic E-state index is 8.73. The van der Waals surface area contributed by atoms with Gasteiger partial charge in [0, 0.05) is 11.4 Å². The van der Waals surface area contributed by atoms with Crippen molar-refractivity contribution in [1.29, 1.82) is 5.26 Å². The summed E-state index contributed by atoms with van der Waals surface area (Å²) >= 11 is 7.27. The van der Waals surface area contributed by atoms with Gasteiger partial charge in [0.2, 0.25) is 0 Å². The van der Waals surface area contributed by atoms with Crippen molar-refractivity contribution in [3.05, 3.63) is 44.9 Å². The molecule has 5 heteroatoms. The van der Waals surface area contributed by atoms with Crippen LogP contribution in [-0.4, -0.2) is 4.98 Å². The van der Waals surface area contributed by atoms with Gasteiger partial charge in [0.25, 0.3) is 0 Å². The summed E-state index contributed by atoms with van der Waals surface area (Å²) in [6.45, 7) is 2.67. The summed E-state index contributed by atoms with van der Waals surface area (Å²) in [6.07, 6.45) is 1.72. The maximum Gasteiger partial charge on any atom is 0.129 e. The molecule has 0 amide bonds. The van der Waals surface area contributed by atoms with Gasteiger partial charge in [-0.25, -0.2) is 4.98 Å². The van der Waals surface area contributed by atoms with Gasteiger partial charge in [0.1, 0.15) is 16.1 Å². The molecular formula is C12H10ClN3S. The Morgan fingerprint density at radius 1 is 1.53 bits per heavy atom. The number of hydrogen-bond donors (Lipinski definition) is 1. The van der Waals surface area contributed by atoms with Gasteiger partial charge in [0.15, 0.2) is 0 Å². The van der Waals surface area contributed by atoms with E-state index in [1.165, 1.54) is 11.3 Å². The molecule has 1 N–H and O–H groups in total. The Hall–Kier alpha value is -1.57. The van der Waals surface area contributed by atoms with Gasteiger partial charge in [-0.1, -0.05) is 11.6 Å². The Bertz CT molecular complexity index is 571. The first kappa shape index (κ1) is 11.9. The van der Waals surface area contributed by atoms with Crippen molar-refractivity contribution in [3.8, 4) is 6.07 Å². The number of pyridine rings is 1. The molecule has 0 bridgehead atoms. The van der Waals surface area contributed by atoms with Crippen LogP contribution < -0.4 is 5.32 Å². The minimum absolute atomic E-state index is 0.496. The molecular weight excluding hydrogens is 254 g/mol. The maximum atomic E-state index is 8.73. The van der Waals surface area contributed by atoms with Gasteiger partial charge < -0.3 is 5.32 Å². The van der Waals surface area contributed by atoms with E-state index in [0.29, 0.717) is 11.7 Å². The van der Waals surface area contributed by atoms with Crippen LogP contribution >= 0.6 is 22.9 Å². The van der Waals surface area contributed by atoms with Crippen LogP contribution in [0, 0.1) is 18.3 Å². The van der Waals surface area contributed by atoms with Crippen LogP contribution in [0.4, 0.5) is 5.69 Å².